The van der Waals surface area contributed by atoms with Crippen LogP contribution in [-0.2, 0) is 6.54 Å². The summed E-state index contributed by atoms with van der Waals surface area (Å²) >= 11 is 0. The molecule has 3 rings (SSSR count). The van der Waals surface area contributed by atoms with Gasteiger partial charge in [-0.15, -0.1) is 0 Å². The van der Waals surface area contributed by atoms with Crippen molar-refractivity contribution in [1.82, 2.24) is 15.1 Å². The number of hydrogen-bond donors (Lipinski definition) is 1. The Morgan fingerprint density at radius 1 is 1.29 bits per heavy atom. The van der Waals surface area contributed by atoms with E-state index in [0.717, 1.165) is 31.7 Å². The van der Waals surface area contributed by atoms with Crippen LogP contribution in [0.25, 0.3) is 0 Å². The Balaban J connectivity index is 1.73. The second-order valence-electron chi connectivity index (χ2n) is 5.40. The van der Waals surface area contributed by atoms with Crippen LogP contribution in [0.5, 0.6) is 11.5 Å². The highest BCUT2D eigenvalue weighted by Crippen LogP contribution is 2.29. The summed E-state index contributed by atoms with van der Waals surface area (Å²) < 4.78 is 10.6. The van der Waals surface area contributed by atoms with E-state index in [9.17, 15) is 4.79 Å². The molecule has 0 radical (unpaired) electrons. The number of fused-ring (bicyclic) bond motifs is 1. The molecule has 2 amide bonds. The van der Waals surface area contributed by atoms with E-state index in [1.807, 2.05) is 28.0 Å². The van der Waals surface area contributed by atoms with Crippen LogP contribution in [0.1, 0.15) is 5.56 Å². The summed E-state index contributed by atoms with van der Waals surface area (Å²) in [5.74, 6) is 1.40. The predicted molar refractivity (Wildman–Crippen MR) is 78.7 cm³/mol. The molecule has 6 heteroatoms. The first-order chi connectivity index (χ1) is 10.2. The molecule has 1 aromatic rings. The maximum Gasteiger partial charge on any atom is 0.320 e. The van der Waals surface area contributed by atoms with Crippen LogP contribution >= 0.6 is 0 Å². The Kier molecular flexibility index (Phi) is 3.88. The van der Waals surface area contributed by atoms with Gasteiger partial charge >= 0.3 is 6.03 Å². The predicted octanol–water partition coefficient (Wildman–Crippen LogP) is 0.913. The molecule has 6 nitrogen and oxygen atoms in total. The van der Waals surface area contributed by atoms with E-state index in [0.29, 0.717) is 24.1 Å². The van der Waals surface area contributed by atoms with Crippen LogP contribution in [0.15, 0.2) is 18.2 Å². The number of rotatable bonds is 4. The number of ether oxygens (including phenoxy) is 2. The Labute approximate surface area is 124 Å². The van der Waals surface area contributed by atoms with Crippen molar-refractivity contribution in [3.8, 4) is 11.5 Å². The fourth-order valence-electron chi connectivity index (χ4n) is 3.02. The lowest BCUT2D eigenvalue weighted by Crippen LogP contribution is -2.49. The fourth-order valence-corrected chi connectivity index (χ4v) is 3.02. The molecule has 1 N–H and O–H groups in total. The lowest BCUT2D eigenvalue weighted by Gasteiger charge is -2.28. The number of carbonyl (C=O) groups is 1. The molecule has 0 spiro atoms. The third-order valence-corrected chi connectivity index (χ3v) is 4.12. The van der Waals surface area contributed by atoms with Crippen LogP contribution < -0.4 is 14.8 Å². The van der Waals surface area contributed by atoms with Gasteiger partial charge in [0, 0.05) is 32.7 Å². The van der Waals surface area contributed by atoms with Crippen molar-refractivity contribution in [2.75, 3.05) is 40.4 Å². The van der Waals surface area contributed by atoms with Gasteiger partial charge in [0.25, 0.3) is 0 Å². The Bertz CT molecular complexity index is 535. The average Bonchev–Trinajstić information content (AvgIpc) is 2.84. The van der Waals surface area contributed by atoms with Crippen molar-refractivity contribution in [1.29, 1.82) is 0 Å². The van der Waals surface area contributed by atoms with Crippen LogP contribution in [0.2, 0.25) is 0 Å². The van der Waals surface area contributed by atoms with E-state index in [1.54, 1.807) is 14.2 Å². The van der Waals surface area contributed by atoms with Crippen molar-refractivity contribution >= 4 is 6.03 Å². The highest BCUT2D eigenvalue weighted by molar-refractivity contribution is 5.77. The van der Waals surface area contributed by atoms with E-state index in [1.165, 1.54) is 0 Å². The van der Waals surface area contributed by atoms with Crippen molar-refractivity contribution in [2.45, 2.75) is 12.6 Å². The van der Waals surface area contributed by atoms with Crippen LogP contribution in [0.4, 0.5) is 4.79 Å². The molecule has 2 heterocycles. The monoisotopic (exact) mass is 291 g/mol. The highest BCUT2D eigenvalue weighted by Gasteiger charge is 2.38. The molecule has 0 saturated carbocycles. The molecule has 2 saturated heterocycles. The number of amides is 2. The van der Waals surface area contributed by atoms with Crippen LogP contribution in [-0.4, -0.2) is 62.3 Å². The lowest BCUT2D eigenvalue weighted by atomic mass is 10.2. The molecule has 1 atom stereocenters. The van der Waals surface area contributed by atoms with Crippen molar-refractivity contribution < 1.29 is 14.3 Å². The first-order valence-electron chi connectivity index (χ1n) is 7.20. The van der Waals surface area contributed by atoms with E-state index in [2.05, 4.69) is 5.32 Å². The first kappa shape index (κ1) is 14.0. The largest absolute Gasteiger partial charge is 0.493 e. The molecule has 0 aliphatic carbocycles. The first-order valence-corrected chi connectivity index (χ1v) is 7.20. The average molecular weight is 291 g/mol. The van der Waals surface area contributed by atoms with Gasteiger partial charge < -0.3 is 24.6 Å². The summed E-state index contributed by atoms with van der Waals surface area (Å²) in [6.45, 7) is 3.94. The van der Waals surface area contributed by atoms with E-state index in [4.69, 9.17) is 9.47 Å². The topological polar surface area (TPSA) is 54.0 Å². The zero-order valence-electron chi connectivity index (χ0n) is 12.5. The molecule has 1 unspecified atom stereocenters. The van der Waals surface area contributed by atoms with E-state index < -0.39 is 0 Å². The number of nitrogens with one attached hydrogen (secondary N) is 1. The van der Waals surface area contributed by atoms with Gasteiger partial charge in [-0.1, -0.05) is 6.07 Å². The van der Waals surface area contributed by atoms with Gasteiger partial charge in [-0.05, 0) is 17.7 Å². The number of carbonyl (C=O) groups excluding carboxylic acids is 1. The normalized spacial score (nSPS) is 21.4. The molecule has 21 heavy (non-hydrogen) atoms. The Morgan fingerprint density at radius 2 is 2.10 bits per heavy atom. The number of nitrogens with zero attached hydrogens (tertiary/aromatic N) is 2. The smallest absolute Gasteiger partial charge is 0.320 e. The highest BCUT2D eigenvalue weighted by atomic mass is 16.5. The van der Waals surface area contributed by atoms with Gasteiger partial charge in [-0.25, -0.2) is 4.79 Å². The third kappa shape index (κ3) is 2.63. The maximum atomic E-state index is 12.4. The minimum Gasteiger partial charge on any atom is -0.493 e. The van der Waals surface area contributed by atoms with Gasteiger partial charge in [0.2, 0.25) is 0 Å². The molecule has 0 aromatic heterocycles. The zero-order chi connectivity index (χ0) is 14.8. The molecule has 1 aromatic carbocycles. The molecular weight excluding hydrogens is 270 g/mol. The third-order valence-electron chi connectivity index (χ3n) is 4.12. The second-order valence-corrected chi connectivity index (χ2v) is 5.40. The van der Waals surface area contributed by atoms with Gasteiger partial charge in [0.15, 0.2) is 11.5 Å². The summed E-state index contributed by atoms with van der Waals surface area (Å²) in [4.78, 5) is 16.3. The van der Waals surface area contributed by atoms with Crippen molar-refractivity contribution in [3.05, 3.63) is 23.8 Å². The fraction of sp³-hybridized carbons (Fsp3) is 0.533. The summed E-state index contributed by atoms with van der Waals surface area (Å²) in [6.07, 6.45) is 0. The molecule has 2 aliphatic heterocycles. The molecule has 114 valence electrons. The minimum atomic E-state index is 0.135. The van der Waals surface area contributed by atoms with E-state index in [-0.39, 0.29) is 6.03 Å². The van der Waals surface area contributed by atoms with Crippen molar-refractivity contribution in [3.63, 3.8) is 0 Å². The quantitative estimate of drug-likeness (QED) is 0.896. The van der Waals surface area contributed by atoms with Crippen molar-refractivity contribution in [2.24, 2.45) is 0 Å². The standard InChI is InChI=1S/C15H21N3O3/c1-20-13-4-3-11(7-14(13)21-2)9-17-10-12-8-16-5-6-18(12)15(17)19/h3-4,7,12,16H,5-6,8-10H2,1-2H3. The number of methoxy groups -OCH3 is 2. The summed E-state index contributed by atoms with van der Waals surface area (Å²) in [7, 11) is 3.24. The summed E-state index contributed by atoms with van der Waals surface area (Å²) in [6, 6.07) is 6.22. The van der Waals surface area contributed by atoms with Gasteiger partial charge in [-0.3, -0.25) is 0 Å². The lowest BCUT2D eigenvalue weighted by molar-refractivity contribution is 0.178. The number of benzene rings is 1. The van der Waals surface area contributed by atoms with E-state index >= 15 is 0 Å². The summed E-state index contributed by atoms with van der Waals surface area (Å²) in [5, 5.41) is 3.34. The molecule has 2 fully saturated rings. The van der Waals surface area contributed by atoms with Gasteiger partial charge in [0.1, 0.15) is 0 Å². The van der Waals surface area contributed by atoms with Crippen LogP contribution in [0, 0.1) is 0 Å². The minimum absolute atomic E-state index is 0.135. The molecule has 0 bridgehead atoms. The summed E-state index contributed by atoms with van der Waals surface area (Å²) in [5.41, 5.74) is 1.05. The number of piperazine rings is 1. The van der Waals surface area contributed by atoms with Gasteiger partial charge in [0.05, 0.1) is 20.3 Å². The molecule has 2 aliphatic rings. The second kappa shape index (κ2) is 5.81. The maximum absolute atomic E-state index is 12.4. The SMILES string of the molecule is COc1ccc(CN2CC3CNCCN3C2=O)cc1OC. The number of hydrogen-bond acceptors (Lipinski definition) is 4. The number of urea groups is 1. The molecular formula is C15H21N3O3. The Morgan fingerprint density at radius 3 is 2.81 bits per heavy atom. The van der Waals surface area contributed by atoms with Crippen LogP contribution in [0.3, 0.4) is 0 Å². The van der Waals surface area contributed by atoms with Gasteiger partial charge in [-0.2, -0.15) is 0 Å². The Hall–Kier alpha value is -1.95. The zero-order valence-corrected chi connectivity index (χ0v) is 12.5.